The minimum Gasteiger partial charge on any atom is -0.394 e. The molecule has 2 aliphatic heterocycles. The molecule has 1 aromatic carbocycles. The molecule has 7 heteroatoms. The van der Waals surface area contributed by atoms with Crippen LogP contribution < -0.4 is 4.90 Å². The number of nitrogens with zero attached hydrogens (tertiary/aromatic N) is 4. The van der Waals surface area contributed by atoms with E-state index in [0.717, 1.165) is 11.3 Å². The van der Waals surface area contributed by atoms with E-state index in [1.54, 1.807) is 58.9 Å². The number of hydrogen-bond acceptors (Lipinski definition) is 5. The summed E-state index contributed by atoms with van der Waals surface area (Å²) in [6.07, 6.45) is 6.34. The van der Waals surface area contributed by atoms with Crippen LogP contribution in [0.1, 0.15) is 32.2 Å². The van der Waals surface area contributed by atoms with Crippen molar-refractivity contribution in [2.24, 2.45) is 0 Å². The topological polar surface area (TPSA) is 86.6 Å². The number of anilines is 1. The summed E-state index contributed by atoms with van der Waals surface area (Å²) in [7, 11) is 0. The van der Waals surface area contributed by atoms with E-state index in [9.17, 15) is 14.7 Å². The molecule has 0 unspecified atom stereocenters. The van der Waals surface area contributed by atoms with Gasteiger partial charge in [-0.25, -0.2) is 0 Å². The van der Waals surface area contributed by atoms with Crippen LogP contribution in [0.4, 0.5) is 5.69 Å². The van der Waals surface area contributed by atoms with Crippen molar-refractivity contribution in [2.75, 3.05) is 18.1 Å². The zero-order chi connectivity index (χ0) is 20.7. The second-order valence-electron chi connectivity index (χ2n) is 7.50. The molecule has 1 saturated heterocycles. The summed E-state index contributed by atoms with van der Waals surface area (Å²) in [4.78, 5) is 37.9. The number of pyridine rings is 2. The van der Waals surface area contributed by atoms with Gasteiger partial charge in [0.05, 0.1) is 18.7 Å². The monoisotopic (exact) mass is 400 g/mol. The molecule has 2 aromatic heterocycles. The highest BCUT2D eigenvalue weighted by molar-refractivity contribution is 6.07. The van der Waals surface area contributed by atoms with Crippen LogP contribution in [0.25, 0.3) is 0 Å². The van der Waals surface area contributed by atoms with Crippen LogP contribution in [0.3, 0.4) is 0 Å². The number of likely N-dealkylation sites (tertiary alicyclic amines) is 1. The van der Waals surface area contributed by atoms with Crippen LogP contribution in [-0.4, -0.2) is 57.0 Å². The molecule has 150 valence electrons. The Morgan fingerprint density at radius 3 is 2.13 bits per heavy atom. The Balaban J connectivity index is 1.54. The Kier molecular flexibility index (Phi) is 4.52. The van der Waals surface area contributed by atoms with Crippen LogP contribution in [0.15, 0.2) is 73.3 Å². The zero-order valence-electron chi connectivity index (χ0n) is 16.1. The Labute approximate surface area is 173 Å². The van der Waals surface area contributed by atoms with Gasteiger partial charge >= 0.3 is 0 Å². The Morgan fingerprint density at radius 1 is 0.900 bits per heavy atom. The van der Waals surface area contributed by atoms with Crippen molar-refractivity contribution in [2.45, 2.75) is 18.0 Å². The van der Waals surface area contributed by atoms with Crippen LogP contribution in [-0.2, 0) is 0 Å². The van der Waals surface area contributed by atoms with Crippen LogP contribution in [0.2, 0.25) is 0 Å². The highest BCUT2D eigenvalue weighted by Crippen LogP contribution is 2.48. The van der Waals surface area contributed by atoms with Gasteiger partial charge in [0.2, 0.25) is 0 Å². The molecule has 0 radical (unpaired) electrons. The van der Waals surface area contributed by atoms with Crippen molar-refractivity contribution in [1.29, 1.82) is 0 Å². The van der Waals surface area contributed by atoms with Gasteiger partial charge in [0, 0.05) is 54.1 Å². The lowest BCUT2D eigenvalue weighted by molar-refractivity contribution is -0.0246. The SMILES string of the molecule is O=C(c1ccncc1)N1C[C@@H]2[C@H](c3ccccc31)[C@H](CO)N2C(=O)c1ccncc1. The van der Waals surface area contributed by atoms with Crippen LogP contribution in [0.5, 0.6) is 0 Å². The van der Waals surface area contributed by atoms with Gasteiger partial charge in [-0.1, -0.05) is 18.2 Å². The van der Waals surface area contributed by atoms with Gasteiger partial charge in [0.25, 0.3) is 11.8 Å². The van der Waals surface area contributed by atoms with Crippen LogP contribution >= 0.6 is 0 Å². The summed E-state index contributed by atoms with van der Waals surface area (Å²) in [5, 5.41) is 10.1. The number of amides is 2. The molecule has 3 aromatic rings. The lowest BCUT2D eigenvalue weighted by Crippen LogP contribution is -2.70. The first-order valence-corrected chi connectivity index (χ1v) is 9.85. The molecule has 0 bridgehead atoms. The minimum absolute atomic E-state index is 0.0153. The molecule has 0 spiro atoms. The Hall–Kier alpha value is -3.58. The third-order valence-electron chi connectivity index (χ3n) is 6.02. The largest absolute Gasteiger partial charge is 0.394 e. The normalized spacial score (nSPS) is 22.0. The summed E-state index contributed by atoms with van der Waals surface area (Å²) in [6.45, 7) is 0.237. The fourth-order valence-corrected chi connectivity index (χ4v) is 4.65. The first-order valence-electron chi connectivity index (χ1n) is 9.85. The Morgan fingerprint density at radius 2 is 1.50 bits per heavy atom. The molecule has 30 heavy (non-hydrogen) atoms. The summed E-state index contributed by atoms with van der Waals surface area (Å²) < 4.78 is 0. The average Bonchev–Trinajstić information content (AvgIpc) is 2.80. The number of carbonyl (C=O) groups is 2. The predicted molar refractivity (Wildman–Crippen MR) is 110 cm³/mol. The first kappa shape index (κ1) is 18.4. The molecule has 1 N–H and O–H groups in total. The number of aliphatic hydroxyl groups excluding tert-OH is 1. The molecular weight excluding hydrogens is 380 g/mol. The average molecular weight is 400 g/mol. The number of rotatable bonds is 3. The van der Waals surface area contributed by atoms with E-state index in [2.05, 4.69) is 9.97 Å². The number of aliphatic hydroxyl groups is 1. The minimum atomic E-state index is -0.324. The van der Waals surface area contributed by atoms with E-state index >= 15 is 0 Å². The van der Waals surface area contributed by atoms with Gasteiger partial charge < -0.3 is 14.9 Å². The van der Waals surface area contributed by atoms with E-state index in [-0.39, 0.29) is 36.4 Å². The smallest absolute Gasteiger partial charge is 0.258 e. The lowest BCUT2D eigenvalue weighted by Gasteiger charge is -2.58. The lowest BCUT2D eigenvalue weighted by atomic mass is 9.71. The predicted octanol–water partition coefficient (Wildman–Crippen LogP) is 2.11. The third-order valence-corrected chi connectivity index (χ3v) is 6.02. The molecule has 0 saturated carbocycles. The number of fused-ring (bicyclic) bond motifs is 3. The molecule has 3 atom stereocenters. The summed E-state index contributed by atoms with van der Waals surface area (Å²) in [6, 6.07) is 13.9. The summed E-state index contributed by atoms with van der Waals surface area (Å²) >= 11 is 0. The molecule has 7 nitrogen and oxygen atoms in total. The van der Waals surface area contributed by atoms with Crippen molar-refractivity contribution in [3.63, 3.8) is 0 Å². The third kappa shape index (κ3) is 2.78. The molecular formula is C23H20N4O3. The highest BCUT2D eigenvalue weighted by Gasteiger charge is 2.55. The molecule has 5 rings (SSSR count). The second kappa shape index (κ2) is 7.35. The zero-order valence-corrected chi connectivity index (χ0v) is 16.1. The molecule has 2 aliphatic rings. The number of para-hydroxylation sites is 1. The van der Waals surface area contributed by atoms with Gasteiger partial charge in [-0.3, -0.25) is 19.6 Å². The first-order chi connectivity index (χ1) is 14.7. The second-order valence-corrected chi connectivity index (χ2v) is 7.50. The number of benzene rings is 1. The molecule has 4 heterocycles. The molecule has 0 aliphatic carbocycles. The van der Waals surface area contributed by atoms with Crippen molar-refractivity contribution in [3.8, 4) is 0 Å². The quantitative estimate of drug-likeness (QED) is 0.728. The van der Waals surface area contributed by atoms with Crippen LogP contribution in [0, 0.1) is 0 Å². The van der Waals surface area contributed by atoms with Crippen molar-refractivity contribution in [3.05, 3.63) is 90.0 Å². The van der Waals surface area contributed by atoms with Gasteiger partial charge in [-0.2, -0.15) is 0 Å². The van der Waals surface area contributed by atoms with Gasteiger partial charge in [-0.05, 0) is 35.9 Å². The van der Waals surface area contributed by atoms with Gasteiger partial charge in [-0.15, -0.1) is 0 Å². The Bertz CT molecular complexity index is 1090. The number of aromatic nitrogens is 2. The van der Waals surface area contributed by atoms with E-state index < -0.39 is 0 Å². The standard InChI is InChI=1S/C23H20N4O3/c28-14-20-21-17-3-1-2-4-18(17)26(22(29)15-5-9-24-10-6-15)13-19(21)27(20)23(30)16-7-11-25-12-8-16/h1-12,19-21,28H,13-14H2/t19-,20+,21+/m1/s1. The van der Waals surface area contributed by atoms with Crippen molar-refractivity contribution in [1.82, 2.24) is 14.9 Å². The number of hydrogen-bond donors (Lipinski definition) is 1. The maximum atomic E-state index is 13.3. The molecule has 2 amide bonds. The van der Waals surface area contributed by atoms with E-state index in [0.29, 0.717) is 17.7 Å². The maximum Gasteiger partial charge on any atom is 0.258 e. The fraction of sp³-hybridized carbons (Fsp3) is 0.217. The highest BCUT2D eigenvalue weighted by atomic mass is 16.3. The van der Waals surface area contributed by atoms with Gasteiger partial charge in [0.15, 0.2) is 0 Å². The summed E-state index contributed by atoms with van der Waals surface area (Å²) in [5.41, 5.74) is 2.88. The maximum absolute atomic E-state index is 13.3. The van der Waals surface area contributed by atoms with Gasteiger partial charge in [0.1, 0.15) is 0 Å². The number of carbonyl (C=O) groups excluding carboxylic acids is 2. The molecule has 1 fully saturated rings. The van der Waals surface area contributed by atoms with Crippen molar-refractivity contribution < 1.29 is 14.7 Å². The van der Waals surface area contributed by atoms with E-state index in [4.69, 9.17) is 0 Å². The van der Waals surface area contributed by atoms with E-state index in [1.165, 1.54) is 0 Å². The fourth-order valence-electron chi connectivity index (χ4n) is 4.65. The summed E-state index contributed by atoms with van der Waals surface area (Å²) in [5.74, 6) is -0.307. The van der Waals surface area contributed by atoms with Crippen molar-refractivity contribution >= 4 is 17.5 Å². The van der Waals surface area contributed by atoms with E-state index in [1.807, 2.05) is 24.3 Å².